The molecule has 3 nitrogen and oxygen atoms in total. The van der Waals surface area contributed by atoms with Crippen LogP contribution in [0.2, 0.25) is 0 Å². The van der Waals surface area contributed by atoms with Crippen LogP contribution in [0.1, 0.15) is 0 Å². The Balaban J connectivity index is -0.0000000800. The van der Waals surface area contributed by atoms with Crippen molar-refractivity contribution in [3.63, 3.8) is 0 Å². The Hall–Kier alpha value is 1.05. The van der Waals surface area contributed by atoms with Gasteiger partial charge in [0.05, 0.1) is 6.54 Å². The molecule has 1 radical (unpaired) electrons. The van der Waals surface area contributed by atoms with Crippen molar-refractivity contribution < 1.29 is 29.4 Å². The van der Waals surface area contributed by atoms with Gasteiger partial charge in [-0.15, -0.1) is 0 Å². The van der Waals surface area contributed by atoms with E-state index in [9.17, 15) is 4.79 Å². The molecule has 0 fully saturated rings. The topological polar surface area (TPSA) is 63.3 Å². The molecule has 3 N–H and O–H groups in total. The summed E-state index contributed by atoms with van der Waals surface area (Å²) < 4.78 is 0. The maximum Gasteiger partial charge on any atom is 0.317 e. The van der Waals surface area contributed by atoms with Crippen LogP contribution in [0, 0.1) is 0 Å². The molecule has 0 saturated carbocycles. The fraction of sp³-hybridized carbons (Fsp3) is 0.500. The summed E-state index contributed by atoms with van der Waals surface area (Å²) in [6.45, 7) is -0.278. The van der Waals surface area contributed by atoms with E-state index < -0.39 is 5.97 Å². The molecule has 0 aromatic heterocycles. The zero-order valence-corrected chi connectivity index (χ0v) is 9.31. The smallest absolute Gasteiger partial charge is 0.317 e. The standard InChI is InChI=1S/C2H5NO2.Na.Zn/c3-1-2(4)5;;/h1,3H2,(H,4,5);;. The van der Waals surface area contributed by atoms with Crippen molar-refractivity contribution in [3.8, 4) is 0 Å². The van der Waals surface area contributed by atoms with E-state index in [4.69, 9.17) is 5.11 Å². The number of aliphatic carboxylic acids is 1. The zero-order chi connectivity index (χ0) is 4.28. The monoisotopic (exact) mass is 162 g/mol. The van der Waals surface area contributed by atoms with Gasteiger partial charge in [-0.2, -0.15) is 0 Å². The van der Waals surface area contributed by atoms with Gasteiger partial charge in [0.2, 0.25) is 0 Å². The van der Waals surface area contributed by atoms with E-state index in [1.807, 2.05) is 0 Å². The molecule has 0 aliphatic rings. The van der Waals surface area contributed by atoms with Crippen LogP contribution in [-0.4, -0.2) is 47.2 Å². The maximum absolute atomic E-state index is 9.24. The van der Waals surface area contributed by atoms with Crippen molar-refractivity contribution in [3.05, 3.63) is 0 Å². The molecule has 0 aliphatic carbocycles. The normalized spacial score (nSPS) is 5.29. The first-order valence-electron chi connectivity index (χ1n) is 1.19. The second kappa shape index (κ2) is 10.1. The Bertz CT molecular complexity index is 51.0. The Kier molecular flexibility index (Phi) is 22.7. The molecule has 0 heterocycles. The molecule has 0 saturated heterocycles. The number of carboxylic acid groups (broad SMARTS) is 1. The second-order valence-corrected chi connectivity index (χ2v) is 0.598. The summed E-state index contributed by atoms with van der Waals surface area (Å²) in [5.74, 6) is -0.968. The van der Waals surface area contributed by atoms with Gasteiger partial charge < -0.3 is 10.8 Å². The minimum Gasteiger partial charge on any atom is -0.480 e. The summed E-state index contributed by atoms with van der Waals surface area (Å²) in [5, 5.41) is 7.60. The van der Waals surface area contributed by atoms with Crippen LogP contribution in [-0.2, 0) is 24.3 Å². The summed E-state index contributed by atoms with van der Waals surface area (Å²) >= 11 is 0. The van der Waals surface area contributed by atoms with Crippen LogP contribution >= 0.6 is 0 Å². The first-order chi connectivity index (χ1) is 2.27. The molecular weight excluding hydrogens is 158 g/mol. The van der Waals surface area contributed by atoms with E-state index in [-0.39, 0.29) is 55.6 Å². The number of carboxylic acids is 1. The third-order valence-corrected chi connectivity index (χ3v) is 0.175. The van der Waals surface area contributed by atoms with Gasteiger partial charge in [-0.1, -0.05) is 0 Å². The van der Waals surface area contributed by atoms with Gasteiger partial charge in [0.15, 0.2) is 0 Å². The molecule has 0 rings (SSSR count). The molecule has 0 aromatic rings. The SMILES string of the molecule is NCC(=O)O.[Na].[Zn]. The van der Waals surface area contributed by atoms with E-state index in [0.717, 1.165) is 0 Å². The van der Waals surface area contributed by atoms with Gasteiger partial charge in [-0.3, -0.25) is 4.79 Å². The number of hydrogen-bond donors (Lipinski definition) is 2. The Morgan fingerprint density at radius 1 is 1.71 bits per heavy atom. The molecule has 0 unspecified atom stereocenters. The predicted molar refractivity (Wildman–Crippen MR) is 22.4 cm³/mol. The van der Waals surface area contributed by atoms with Gasteiger partial charge in [-0.05, 0) is 0 Å². The van der Waals surface area contributed by atoms with E-state index in [0.29, 0.717) is 0 Å². The molecule has 0 spiro atoms. The Morgan fingerprint density at radius 3 is 1.86 bits per heavy atom. The number of hydrogen-bond acceptors (Lipinski definition) is 2. The van der Waals surface area contributed by atoms with Gasteiger partial charge in [0.25, 0.3) is 0 Å². The van der Waals surface area contributed by atoms with Crippen LogP contribution in [0.4, 0.5) is 0 Å². The molecule has 0 aromatic carbocycles. The van der Waals surface area contributed by atoms with Crippen molar-refractivity contribution in [2.45, 2.75) is 0 Å². The summed E-state index contributed by atoms with van der Waals surface area (Å²) in [7, 11) is 0. The van der Waals surface area contributed by atoms with Crippen LogP contribution in [0.25, 0.3) is 0 Å². The average Bonchev–Trinajstić information content (AvgIpc) is 1.38. The summed E-state index contributed by atoms with van der Waals surface area (Å²) in [4.78, 5) is 9.24. The third-order valence-electron chi connectivity index (χ3n) is 0.175. The third kappa shape index (κ3) is 19.3. The first-order valence-corrected chi connectivity index (χ1v) is 1.19. The van der Waals surface area contributed by atoms with Crippen molar-refractivity contribution >= 4 is 35.5 Å². The Morgan fingerprint density at radius 2 is 1.86 bits per heavy atom. The fourth-order valence-corrected chi connectivity index (χ4v) is 0. The summed E-state index contributed by atoms with van der Waals surface area (Å²) in [5.41, 5.74) is 4.57. The molecule has 0 amide bonds. The van der Waals surface area contributed by atoms with E-state index >= 15 is 0 Å². The second-order valence-electron chi connectivity index (χ2n) is 0.598. The Labute approximate surface area is 76.7 Å². The largest absolute Gasteiger partial charge is 0.480 e. The fourth-order valence-electron chi connectivity index (χ4n) is 0. The van der Waals surface area contributed by atoms with Crippen molar-refractivity contribution in [1.29, 1.82) is 0 Å². The van der Waals surface area contributed by atoms with E-state index in [1.165, 1.54) is 0 Å². The zero-order valence-electron chi connectivity index (χ0n) is 4.35. The van der Waals surface area contributed by atoms with Crippen LogP contribution in [0.5, 0.6) is 0 Å². The summed E-state index contributed by atoms with van der Waals surface area (Å²) in [6.07, 6.45) is 0. The average molecular weight is 163 g/mol. The number of nitrogens with two attached hydrogens (primary N) is 1. The van der Waals surface area contributed by atoms with Gasteiger partial charge >= 0.3 is 5.97 Å². The first kappa shape index (κ1) is 15.7. The maximum atomic E-state index is 9.24. The van der Waals surface area contributed by atoms with Crippen LogP contribution < -0.4 is 5.73 Å². The minimum absolute atomic E-state index is 0. The minimum atomic E-state index is -0.968. The predicted octanol–water partition coefficient (Wildman–Crippen LogP) is -1.35. The quantitative estimate of drug-likeness (QED) is 0.470. The van der Waals surface area contributed by atoms with Crippen molar-refractivity contribution in [1.82, 2.24) is 0 Å². The molecule has 33 valence electrons. The van der Waals surface area contributed by atoms with Gasteiger partial charge in [0, 0.05) is 49.0 Å². The summed E-state index contributed by atoms with van der Waals surface area (Å²) in [6, 6.07) is 0. The molecule has 0 bridgehead atoms. The molecule has 7 heavy (non-hydrogen) atoms. The van der Waals surface area contributed by atoms with Crippen LogP contribution in [0.15, 0.2) is 0 Å². The van der Waals surface area contributed by atoms with E-state index in [1.54, 1.807) is 0 Å². The van der Waals surface area contributed by atoms with Gasteiger partial charge in [-0.25, -0.2) is 0 Å². The van der Waals surface area contributed by atoms with Crippen molar-refractivity contribution in [2.75, 3.05) is 6.54 Å². The van der Waals surface area contributed by atoms with Crippen molar-refractivity contribution in [2.24, 2.45) is 5.73 Å². The molecule has 5 heteroatoms. The van der Waals surface area contributed by atoms with Crippen LogP contribution in [0.3, 0.4) is 0 Å². The number of rotatable bonds is 1. The molecule has 0 aliphatic heterocycles. The molecule has 0 atom stereocenters. The van der Waals surface area contributed by atoms with Gasteiger partial charge in [0.1, 0.15) is 0 Å². The molecular formula is C2H5NNaO2Zn. The van der Waals surface area contributed by atoms with E-state index in [2.05, 4.69) is 5.73 Å². The number of carbonyl (C=O) groups is 1.